The quantitative estimate of drug-likeness (QED) is 0.497. The summed E-state index contributed by atoms with van der Waals surface area (Å²) in [7, 11) is 0. The van der Waals surface area contributed by atoms with Crippen molar-refractivity contribution in [2.24, 2.45) is 17.3 Å². The summed E-state index contributed by atoms with van der Waals surface area (Å²) in [6.07, 6.45) is 8.55. The SMILES string of the molecule is CC(C=CC1(C)CCC(C)C(=O)C1C)=CCc1c(O)c(Cl)c(C)c(C=O)c1O. The molecule has 0 spiro atoms. The Morgan fingerprint density at radius 3 is 2.54 bits per heavy atom. The minimum atomic E-state index is -0.241. The Kier molecular flexibility index (Phi) is 6.76. The van der Waals surface area contributed by atoms with Gasteiger partial charge in [-0.25, -0.2) is 0 Å². The highest BCUT2D eigenvalue weighted by Gasteiger charge is 2.39. The fourth-order valence-electron chi connectivity index (χ4n) is 3.74. The molecule has 0 aliphatic heterocycles. The van der Waals surface area contributed by atoms with Crippen LogP contribution in [0.25, 0.3) is 0 Å². The predicted molar refractivity (Wildman–Crippen MR) is 112 cm³/mol. The molecule has 0 amide bonds. The monoisotopic (exact) mass is 404 g/mol. The van der Waals surface area contributed by atoms with Crippen LogP contribution in [0.1, 0.15) is 62.0 Å². The van der Waals surface area contributed by atoms with Crippen molar-refractivity contribution >= 4 is 23.7 Å². The van der Waals surface area contributed by atoms with E-state index in [2.05, 4.69) is 13.0 Å². The van der Waals surface area contributed by atoms with Gasteiger partial charge in [-0.3, -0.25) is 9.59 Å². The highest BCUT2D eigenvalue weighted by molar-refractivity contribution is 6.33. The van der Waals surface area contributed by atoms with Gasteiger partial charge in [0.2, 0.25) is 0 Å². The van der Waals surface area contributed by atoms with E-state index >= 15 is 0 Å². The Hall–Kier alpha value is -2.07. The topological polar surface area (TPSA) is 74.6 Å². The summed E-state index contributed by atoms with van der Waals surface area (Å²) in [4.78, 5) is 23.6. The zero-order valence-electron chi connectivity index (χ0n) is 17.2. The molecule has 0 saturated heterocycles. The molecule has 1 aromatic carbocycles. The number of halogens is 1. The van der Waals surface area contributed by atoms with Gasteiger partial charge in [0.1, 0.15) is 17.3 Å². The number of allylic oxidation sites excluding steroid dienone is 4. The molecule has 1 aliphatic carbocycles. The van der Waals surface area contributed by atoms with Crippen molar-refractivity contribution in [1.82, 2.24) is 0 Å². The van der Waals surface area contributed by atoms with Gasteiger partial charge in [0.05, 0.1) is 10.6 Å². The van der Waals surface area contributed by atoms with Gasteiger partial charge < -0.3 is 10.2 Å². The van der Waals surface area contributed by atoms with Crippen molar-refractivity contribution in [2.75, 3.05) is 0 Å². The summed E-state index contributed by atoms with van der Waals surface area (Å²) in [5.41, 5.74) is 1.43. The smallest absolute Gasteiger partial charge is 0.154 e. The number of aromatic hydroxyl groups is 2. The second kappa shape index (κ2) is 8.52. The highest BCUT2D eigenvalue weighted by Crippen LogP contribution is 2.43. The molecule has 2 rings (SSSR count). The number of carbonyl (C=O) groups excluding carboxylic acids is 2. The van der Waals surface area contributed by atoms with E-state index in [-0.39, 0.29) is 51.3 Å². The van der Waals surface area contributed by atoms with Crippen LogP contribution in [-0.2, 0) is 11.2 Å². The van der Waals surface area contributed by atoms with Gasteiger partial charge >= 0.3 is 0 Å². The summed E-state index contributed by atoms with van der Waals surface area (Å²) in [6.45, 7) is 9.59. The summed E-state index contributed by atoms with van der Waals surface area (Å²) in [5, 5.41) is 20.7. The Labute approximate surface area is 171 Å². The number of carbonyl (C=O) groups is 2. The Morgan fingerprint density at radius 1 is 1.29 bits per heavy atom. The first-order valence-corrected chi connectivity index (χ1v) is 9.99. The maximum Gasteiger partial charge on any atom is 0.154 e. The molecule has 3 atom stereocenters. The first-order valence-electron chi connectivity index (χ1n) is 9.61. The number of rotatable bonds is 5. The number of benzene rings is 1. The fraction of sp³-hybridized carbons (Fsp3) is 0.478. The normalized spacial score (nSPS) is 26.1. The third-order valence-electron chi connectivity index (χ3n) is 6.26. The number of phenolic OH excluding ortho intramolecular Hbond substituents is 2. The van der Waals surface area contributed by atoms with Crippen molar-refractivity contribution in [2.45, 2.75) is 53.9 Å². The second-order valence-corrected chi connectivity index (χ2v) is 8.58. The maximum atomic E-state index is 12.3. The lowest BCUT2D eigenvalue weighted by Crippen LogP contribution is -2.38. The Morgan fingerprint density at radius 2 is 1.93 bits per heavy atom. The van der Waals surface area contributed by atoms with Gasteiger partial charge in [-0.1, -0.05) is 56.2 Å². The molecule has 1 fully saturated rings. The average Bonchev–Trinajstić information content (AvgIpc) is 2.67. The lowest BCUT2D eigenvalue weighted by molar-refractivity contribution is -0.131. The van der Waals surface area contributed by atoms with Gasteiger partial charge in [0, 0.05) is 17.4 Å². The molecule has 3 unspecified atom stereocenters. The van der Waals surface area contributed by atoms with E-state index in [0.29, 0.717) is 17.6 Å². The van der Waals surface area contributed by atoms with Crippen molar-refractivity contribution in [3.05, 3.63) is 45.5 Å². The number of phenols is 2. The van der Waals surface area contributed by atoms with Crippen LogP contribution in [0.15, 0.2) is 23.8 Å². The fourth-order valence-corrected chi connectivity index (χ4v) is 3.95. The Bertz CT molecular complexity index is 853. The van der Waals surface area contributed by atoms with Crippen molar-refractivity contribution in [3.63, 3.8) is 0 Å². The van der Waals surface area contributed by atoms with Gasteiger partial charge in [0.25, 0.3) is 0 Å². The van der Waals surface area contributed by atoms with E-state index in [1.165, 1.54) is 0 Å². The number of hydrogen-bond donors (Lipinski definition) is 2. The van der Waals surface area contributed by atoms with Crippen LogP contribution in [0.5, 0.6) is 11.5 Å². The predicted octanol–water partition coefficient (Wildman–Crippen LogP) is 5.56. The van der Waals surface area contributed by atoms with E-state index in [0.717, 1.165) is 18.4 Å². The molecule has 0 heterocycles. The lowest BCUT2D eigenvalue weighted by atomic mass is 9.64. The third-order valence-corrected chi connectivity index (χ3v) is 6.72. The molecule has 2 N–H and O–H groups in total. The molecular formula is C23H29ClO4. The maximum absolute atomic E-state index is 12.3. The summed E-state index contributed by atoms with van der Waals surface area (Å²) in [6, 6.07) is 0. The summed E-state index contributed by atoms with van der Waals surface area (Å²) >= 11 is 6.09. The summed E-state index contributed by atoms with van der Waals surface area (Å²) < 4.78 is 0. The number of hydrogen-bond acceptors (Lipinski definition) is 4. The standard InChI is InChI=1S/C23H29ClO4/c1-13(8-10-23(5)11-9-14(2)20(26)16(23)4)6-7-17-21(27)18(12-25)15(3)19(24)22(17)28/h6,8,10,12,14,16,27-28H,7,9,11H2,1-5H3. The van der Waals surface area contributed by atoms with Crippen LogP contribution < -0.4 is 0 Å². The highest BCUT2D eigenvalue weighted by atomic mass is 35.5. The van der Waals surface area contributed by atoms with E-state index < -0.39 is 0 Å². The molecular weight excluding hydrogens is 376 g/mol. The van der Waals surface area contributed by atoms with E-state index in [1.807, 2.05) is 32.9 Å². The minimum absolute atomic E-state index is 0.0283. The second-order valence-electron chi connectivity index (χ2n) is 8.20. The van der Waals surface area contributed by atoms with Crippen LogP contribution >= 0.6 is 11.6 Å². The molecule has 152 valence electrons. The average molecular weight is 405 g/mol. The molecule has 5 heteroatoms. The molecule has 28 heavy (non-hydrogen) atoms. The van der Waals surface area contributed by atoms with Crippen LogP contribution in [0.3, 0.4) is 0 Å². The van der Waals surface area contributed by atoms with E-state index in [1.54, 1.807) is 6.92 Å². The number of aldehydes is 1. The van der Waals surface area contributed by atoms with Gasteiger partial charge in [-0.05, 0) is 44.1 Å². The lowest BCUT2D eigenvalue weighted by Gasteiger charge is -2.39. The number of ketones is 1. The van der Waals surface area contributed by atoms with Crippen LogP contribution in [0, 0.1) is 24.2 Å². The largest absolute Gasteiger partial charge is 0.507 e. The first kappa shape index (κ1) is 22.2. The zero-order valence-corrected chi connectivity index (χ0v) is 17.9. The summed E-state index contributed by atoms with van der Waals surface area (Å²) in [5.74, 6) is -0.0417. The Balaban J connectivity index is 2.24. The van der Waals surface area contributed by atoms with Crippen LogP contribution in [-0.4, -0.2) is 22.3 Å². The molecule has 1 saturated carbocycles. The molecule has 0 radical (unpaired) electrons. The van der Waals surface area contributed by atoms with Crippen molar-refractivity contribution in [3.8, 4) is 11.5 Å². The molecule has 4 nitrogen and oxygen atoms in total. The molecule has 1 aliphatic rings. The number of Topliss-reactive ketones (excluding diaryl/α,β-unsaturated/α-hetero) is 1. The van der Waals surface area contributed by atoms with Crippen LogP contribution in [0.4, 0.5) is 0 Å². The van der Waals surface area contributed by atoms with Crippen molar-refractivity contribution in [1.29, 1.82) is 0 Å². The van der Waals surface area contributed by atoms with E-state index in [9.17, 15) is 19.8 Å². The van der Waals surface area contributed by atoms with Gasteiger partial charge in [0.15, 0.2) is 6.29 Å². The van der Waals surface area contributed by atoms with Crippen molar-refractivity contribution < 1.29 is 19.8 Å². The van der Waals surface area contributed by atoms with Gasteiger partial charge in [-0.2, -0.15) is 0 Å². The first-order chi connectivity index (χ1) is 13.0. The van der Waals surface area contributed by atoms with Crippen LogP contribution in [0.2, 0.25) is 5.02 Å². The molecule has 1 aromatic rings. The zero-order chi connectivity index (χ0) is 21.2. The third kappa shape index (κ3) is 4.17. The van der Waals surface area contributed by atoms with Gasteiger partial charge in [-0.15, -0.1) is 0 Å². The minimum Gasteiger partial charge on any atom is -0.507 e. The van der Waals surface area contributed by atoms with E-state index in [4.69, 9.17) is 11.6 Å². The molecule has 0 aromatic heterocycles. The molecule has 0 bridgehead atoms.